The Kier molecular flexibility index (Phi) is 5.17. The fourth-order valence-corrected chi connectivity index (χ4v) is 3.97. The first-order chi connectivity index (χ1) is 13.5. The molecule has 28 heavy (non-hydrogen) atoms. The Balaban J connectivity index is 1.68. The van der Waals surface area contributed by atoms with Gasteiger partial charge in [0.1, 0.15) is 12.1 Å². The van der Waals surface area contributed by atoms with E-state index in [1.54, 1.807) is 36.0 Å². The van der Waals surface area contributed by atoms with E-state index >= 15 is 0 Å². The third-order valence-electron chi connectivity index (χ3n) is 5.18. The van der Waals surface area contributed by atoms with Crippen molar-refractivity contribution in [2.24, 2.45) is 0 Å². The Morgan fingerprint density at radius 2 is 2.07 bits per heavy atom. The number of nitrogens with zero attached hydrogens (tertiary/aromatic N) is 4. The minimum absolute atomic E-state index is 0.104. The SMILES string of the molecule is Cc1nn(CC(=O)NC2CCCCC2)c(=O)c2c1cnn2-c1cccc(Cl)c1. The number of amides is 1. The molecule has 1 aliphatic carbocycles. The van der Waals surface area contributed by atoms with Crippen LogP contribution in [0.15, 0.2) is 35.3 Å². The summed E-state index contributed by atoms with van der Waals surface area (Å²) in [6.07, 6.45) is 7.09. The van der Waals surface area contributed by atoms with Crippen LogP contribution in [0.5, 0.6) is 0 Å². The molecule has 1 saturated carbocycles. The normalized spacial score (nSPS) is 15.1. The summed E-state index contributed by atoms with van der Waals surface area (Å²) in [6.45, 7) is 1.70. The molecule has 3 aromatic rings. The van der Waals surface area contributed by atoms with Gasteiger partial charge in [0.25, 0.3) is 5.56 Å². The zero-order valence-corrected chi connectivity index (χ0v) is 16.4. The molecule has 2 heterocycles. The Bertz CT molecular complexity index is 1080. The van der Waals surface area contributed by atoms with Gasteiger partial charge < -0.3 is 5.32 Å². The number of hydrogen-bond acceptors (Lipinski definition) is 4. The second kappa shape index (κ2) is 7.75. The molecule has 0 aliphatic heterocycles. The first-order valence-electron chi connectivity index (χ1n) is 9.53. The van der Waals surface area contributed by atoms with Gasteiger partial charge >= 0.3 is 0 Å². The highest BCUT2D eigenvalue weighted by Crippen LogP contribution is 2.20. The van der Waals surface area contributed by atoms with Crippen LogP contribution in [0, 0.1) is 6.92 Å². The molecule has 0 saturated heterocycles. The maximum absolute atomic E-state index is 13.1. The zero-order valence-electron chi connectivity index (χ0n) is 15.7. The number of aromatic nitrogens is 4. The standard InChI is InChI=1S/C20H22ClN5O2/c1-13-17-11-22-26(16-9-5-6-14(21)10-16)19(17)20(28)25(24-13)12-18(27)23-15-7-3-2-4-8-15/h5-6,9-11,15H,2-4,7-8,12H2,1H3,(H,23,27). The molecule has 2 aromatic heterocycles. The average molecular weight is 400 g/mol. The monoisotopic (exact) mass is 399 g/mol. The molecule has 0 atom stereocenters. The summed E-state index contributed by atoms with van der Waals surface area (Å²) >= 11 is 6.09. The van der Waals surface area contributed by atoms with Gasteiger partial charge in [-0.2, -0.15) is 10.2 Å². The highest BCUT2D eigenvalue weighted by Gasteiger charge is 2.19. The van der Waals surface area contributed by atoms with E-state index in [1.807, 2.05) is 6.07 Å². The molecule has 1 aromatic carbocycles. The van der Waals surface area contributed by atoms with Crippen LogP contribution in [0.4, 0.5) is 0 Å². The van der Waals surface area contributed by atoms with Gasteiger partial charge in [0.05, 0.1) is 17.6 Å². The lowest BCUT2D eigenvalue weighted by Gasteiger charge is -2.22. The smallest absolute Gasteiger partial charge is 0.293 e. The van der Waals surface area contributed by atoms with Crippen molar-refractivity contribution in [1.82, 2.24) is 24.9 Å². The lowest BCUT2D eigenvalue weighted by Crippen LogP contribution is -2.40. The first kappa shape index (κ1) is 18.7. The average Bonchev–Trinajstić information content (AvgIpc) is 3.13. The van der Waals surface area contributed by atoms with Gasteiger partial charge in [0.15, 0.2) is 0 Å². The molecule has 1 aliphatic rings. The minimum Gasteiger partial charge on any atom is -0.352 e. The molecule has 1 fully saturated rings. The third-order valence-corrected chi connectivity index (χ3v) is 5.42. The summed E-state index contributed by atoms with van der Waals surface area (Å²) in [5.41, 5.74) is 1.37. The number of fused-ring (bicyclic) bond motifs is 1. The predicted molar refractivity (Wildman–Crippen MR) is 108 cm³/mol. The molecule has 0 bridgehead atoms. The van der Waals surface area contributed by atoms with Crippen molar-refractivity contribution in [2.45, 2.75) is 51.6 Å². The van der Waals surface area contributed by atoms with Crippen LogP contribution in [-0.4, -0.2) is 31.5 Å². The molecule has 0 spiro atoms. The van der Waals surface area contributed by atoms with Crippen LogP contribution in [0.2, 0.25) is 5.02 Å². The molecule has 0 radical (unpaired) electrons. The fourth-order valence-electron chi connectivity index (χ4n) is 3.79. The number of carbonyl (C=O) groups excluding carboxylic acids is 1. The van der Waals surface area contributed by atoms with Crippen LogP contribution >= 0.6 is 11.6 Å². The first-order valence-corrected chi connectivity index (χ1v) is 9.91. The van der Waals surface area contributed by atoms with E-state index in [0.29, 0.717) is 27.3 Å². The van der Waals surface area contributed by atoms with E-state index in [2.05, 4.69) is 15.5 Å². The van der Waals surface area contributed by atoms with Gasteiger partial charge in [0.2, 0.25) is 5.91 Å². The summed E-state index contributed by atoms with van der Waals surface area (Å²) in [5.74, 6) is -0.186. The molecule has 8 heteroatoms. The number of benzene rings is 1. The van der Waals surface area contributed by atoms with E-state index in [1.165, 1.54) is 11.1 Å². The third kappa shape index (κ3) is 3.67. The van der Waals surface area contributed by atoms with Gasteiger partial charge in [-0.1, -0.05) is 36.9 Å². The number of carbonyl (C=O) groups is 1. The summed E-state index contributed by atoms with van der Waals surface area (Å²) < 4.78 is 2.77. The van der Waals surface area contributed by atoms with E-state index in [4.69, 9.17) is 11.6 Å². The van der Waals surface area contributed by atoms with Gasteiger partial charge in [-0.25, -0.2) is 9.36 Å². The quantitative estimate of drug-likeness (QED) is 0.731. The number of halogens is 1. The Hall–Kier alpha value is -2.67. The highest BCUT2D eigenvalue weighted by atomic mass is 35.5. The zero-order chi connectivity index (χ0) is 19.7. The maximum Gasteiger partial charge on any atom is 0.293 e. The largest absolute Gasteiger partial charge is 0.352 e. The van der Waals surface area contributed by atoms with Crippen molar-refractivity contribution >= 4 is 28.4 Å². The number of hydrogen-bond donors (Lipinski definition) is 1. The molecule has 7 nitrogen and oxygen atoms in total. The number of rotatable bonds is 4. The van der Waals surface area contributed by atoms with Crippen molar-refractivity contribution in [3.63, 3.8) is 0 Å². The van der Waals surface area contributed by atoms with Crippen molar-refractivity contribution < 1.29 is 4.79 Å². The lowest BCUT2D eigenvalue weighted by molar-refractivity contribution is -0.122. The summed E-state index contributed by atoms with van der Waals surface area (Å²) in [5, 5.41) is 12.9. The molecule has 4 rings (SSSR count). The second-order valence-electron chi connectivity index (χ2n) is 7.25. The lowest BCUT2D eigenvalue weighted by atomic mass is 9.95. The molecular weight excluding hydrogens is 378 g/mol. The minimum atomic E-state index is -0.350. The van der Waals surface area contributed by atoms with Gasteiger partial charge in [0, 0.05) is 16.5 Å². The topological polar surface area (TPSA) is 81.8 Å². The van der Waals surface area contributed by atoms with Gasteiger partial charge in [-0.15, -0.1) is 0 Å². The molecule has 0 unspecified atom stereocenters. The molecule has 146 valence electrons. The van der Waals surface area contributed by atoms with Crippen molar-refractivity contribution in [1.29, 1.82) is 0 Å². The summed E-state index contributed by atoms with van der Waals surface area (Å²) in [4.78, 5) is 25.5. The molecular formula is C20H22ClN5O2. The number of aryl methyl sites for hydroxylation is 1. The fraction of sp³-hybridized carbons (Fsp3) is 0.400. The van der Waals surface area contributed by atoms with E-state index < -0.39 is 0 Å². The van der Waals surface area contributed by atoms with Crippen molar-refractivity contribution in [3.8, 4) is 5.69 Å². The molecule has 1 N–H and O–H groups in total. The predicted octanol–water partition coefficient (Wildman–Crippen LogP) is 2.99. The van der Waals surface area contributed by atoms with E-state index in [-0.39, 0.29) is 24.1 Å². The van der Waals surface area contributed by atoms with Gasteiger partial charge in [-0.05, 0) is 38.0 Å². The second-order valence-corrected chi connectivity index (χ2v) is 7.69. The van der Waals surface area contributed by atoms with Gasteiger partial charge in [-0.3, -0.25) is 9.59 Å². The van der Waals surface area contributed by atoms with Crippen LogP contribution < -0.4 is 10.9 Å². The van der Waals surface area contributed by atoms with E-state index in [9.17, 15) is 9.59 Å². The maximum atomic E-state index is 13.1. The van der Waals surface area contributed by atoms with Crippen LogP contribution in [-0.2, 0) is 11.3 Å². The Morgan fingerprint density at radius 3 is 2.82 bits per heavy atom. The summed E-state index contributed by atoms with van der Waals surface area (Å²) in [7, 11) is 0. The highest BCUT2D eigenvalue weighted by molar-refractivity contribution is 6.30. The Morgan fingerprint density at radius 1 is 1.29 bits per heavy atom. The van der Waals surface area contributed by atoms with Crippen LogP contribution in [0.1, 0.15) is 37.8 Å². The van der Waals surface area contributed by atoms with E-state index in [0.717, 1.165) is 25.7 Å². The van der Waals surface area contributed by atoms with Crippen LogP contribution in [0.3, 0.4) is 0 Å². The van der Waals surface area contributed by atoms with Crippen LogP contribution in [0.25, 0.3) is 16.6 Å². The molecule has 1 amide bonds. The van der Waals surface area contributed by atoms with Crippen molar-refractivity contribution in [3.05, 3.63) is 51.5 Å². The van der Waals surface area contributed by atoms with Crippen molar-refractivity contribution in [2.75, 3.05) is 0 Å². The Labute approximate surface area is 167 Å². The summed E-state index contributed by atoms with van der Waals surface area (Å²) in [6, 6.07) is 7.32. The number of nitrogens with one attached hydrogen (secondary N) is 1.